The average molecular weight is 253 g/mol. The summed E-state index contributed by atoms with van der Waals surface area (Å²) in [6.45, 7) is 0. The molecule has 1 saturated heterocycles. The Morgan fingerprint density at radius 2 is 1.61 bits per heavy atom. The van der Waals surface area contributed by atoms with Crippen LogP contribution in [-0.2, 0) is 14.4 Å². The van der Waals surface area contributed by atoms with Crippen LogP contribution in [0.25, 0.3) is 0 Å². The topological polar surface area (TPSA) is 87.3 Å². The molecule has 2 aliphatic rings. The molecule has 100 valence electrons. The molecule has 1 heterocycles. The van der Waals surface area contributed by atoms with E-state index in [9.17, 15) is 14.4 Å². The average Bonchev–Trinajstić information content (AvgIpc) is 2.59. The van der Waals surface area contributed by atoms with Crippen LogP contribution >= 0.6 is 0 Å². The summed E-state index contributed by atoms with van der Waals surface area (Å²) in [6, 6.07) is 0.201. The molecule has 0 aromatic carbocycles. The lowest BCUT2D eigenvalue weighted by Gasteiger charge is -2.16. The molecule has 2 fully saturated rings. The molecular weight excluding hydrogens is 234 g/mol. The van der Waals surface area contributed by atoms with Crippen molar-refractivity contribution in [1.82, 2.24) is 16.2 Å². The minimum absolute atomic E-state index is 0.0613. The third kappa shape index (κ3) is 3.21. The van der Waals surface area contributed by atoms with Crippen LogP contribution in [0.5, 0.6) is 0 Å². The van der Waals surface area contributed by atoms with Crippen molar-refractivity contribution < 1.29 is 14.4 Å². The van der Waals surface area contributed by atoms with Crippen molar-refractivity contribution in [3.8, 4) is 0 Å². The van der Waals surface area contributed by atoms with Crippen LogP contribution in [0.1, 0.15) is 44.9 Å². The van der Waals surface area contributed by atoms with Gasteiger partial charge in [-0.3, -0.25) is 25.2 Å². The molecule has 6 heteroatoms. The van der Waals surface area contributed by atoms with Gasteiger partial charge in [0.2, 0.25) is 5.91 Å². The van der Waals surface area contributed by atoms with Gasteiger partial charge < -0.3 is 5.32 Å². The van der Waals surface area contributed by atoms with E-state index in [0.717, 1.165) is 25.7 Å². The molecule has 0 aromatic heterocycles. The van der Waals surface area contributed by atoms with E-state index in [0.29, 0.717) is 0 Å². The van der Waals surface area contributed by atoms with Crippen LogP contribution in [0.2, 0.25) is 0 Å². The fraction of sp³-hybridized carbons (Fsp3) is 0.750. The van der Waals surface area contributed by atoms with Gasteiger partial charge >= 0.3 is 0 Å². The Kier molecular flexibility index (Phi) is 4.17. The molecule has 1 aliphatic heterocycles. The lowest BCUT2D eigenvalue weighted by atomic mass is 10.0. The maximum atomic E-state index is 11.8. The largest absolute Gasteiger partial charge is 0.353 e. The minimum atomic E-state index is -0.879. The second-order valence-corrected chi connectivity index (χ2v) is 4.99. The van der Waals surface area contributed by atoms with Crippen molar-refractivity contribution in [1.29, 1.82) is 0 Å². The second kappa shape index (κ2) is 5.84. The first kappa shape index (κ1) is 12.9. The second-order valence-electron chi connectivity index (χ2n) is 4.99. The summed E-state index contributed by atoms with van der Waals surface area (Å²) in [5.74, 6) is -1.93. The highest BCUT2D eigenvalue weighted by Crippen LogP contribution is 2.17. The normalized spacial score (nSPS) is 22.2. The number of hydrogen-bond donors (Lipinski definition) is 3. The predicted octanol–water partition coefficient (Wildman–Crippen LogP) is -0.00730. The summed E-state index contributed by atoms with van der Waals surface area (Å²) >= 11 is 0. The van der Waals surface area contributed by atoms with Gasteiger partial charge in [-0.15, -0.1) is 0 Å². The van der Waals surface area contributed by atoms with Gasteiger partial charge in [0.15, 0.2) is 0 Å². The highest BCUT2D eigenvalue weighted by molar-refractivity contribution is 6.07. The van der Waals surface area contributed by atoms with Gasteiger partial charge in [0, 0.05) is 12.5 Å². The molecule has 0 atom stereocenters. The molecule has 3 N–H and O–H groups in total. The van der Waals surface area contributed by atoms with Gasteiger partial charge in [0.1, 0.15) is 5.92 Å². The summed E-state index contributed by atoms with van der Waals surface area (Å²) in [5, 5.41) is 2.93. The molecule has 1 aliphatic carbocycles. The molecule has 6 nitrogen and oxygen atoms in total. The molecule has 2 rings (SSSR count). The lowest BCUT2D eigenvalue weighted by molar-refractivity contribution is -0.133. The predicted molar refractivity (Wildman–Crippen MR) is 64.0 cm³/mol. The van der Waals surface area contributed by atoms with Crippen molar-refractivity contribution in [2.45, 2.75) is 51.0 Å². The first-order chi connectivity index (χ1) is 8.66. The molecule has 0 radical (unpaired) electrons. The van der Waals surface area contributed by atoms with Gasteiger partial charge in [-0.1, -0.05) is 25.7 Å². The zero-order valence-electron chi connectivity index (χ0n) is 10.3. The molecule has 18 heavy (non-hydrogen) atoms. The first-order valence-electron chi connectivity index (χ1n) is 6.56. The third-order valence-electron chi connectivity index (χ3n) is 3.55. The van der Waals surface area contributed by atoms with E-state index in [1.807, 2.05) is 0 Å². The standard InChI is InChI=1S/C12H19N3O3/c16-10(7-9-11(17)14-15-12(9)18)13-8-5-3-1-2-4-6-8/h8-9H,1-7H2,(H,13,16)(H,14,17)(H,15,18). The molecular formula is C12H19N3O3. The van der Waals surface area contributed by atoms with Crippen molar-refractivity contribution in [3.05, 3.63) is 0 Å². The SMILES string of the molecule is O=C(CC1C(=O)NNC1=O)NC1CCCCCC1. The fourth-order valence-electron chi connectivity index (χ4n) is 2.50. The Morgan fingerprint density at radius 3 is 2.17 bits per heavy atom. The van der Waals surface area contributed by atoms with Gasteiger partial charge in [0.05, 0.1) is 0 Å². The van der Waals surface area contributed by atoms with E-state index in [-0.39, 0.29) is 18.4 Å². The van der Waals surface area contributed by atoms with E-state index >= 15 is 0 Å². The molecule has 3 amide bonds. The maximum absolute atomic E-state index is 11.8. The summed E-state index contributed by atoms with van der Waals surface area (Å²) in [5.41, 5.74) is 4.44. The molecule has 0 aromatic rings. The Balaban J connectivity index is 1.80. The van der Waals surface area contributed by atoms with Gasteiger partial charge in [-0.25, -0.2) is 0 Å². The van der Waals surface area contributed by atoms with Crippen LogP contribution in [0.15, 0.2) is 0 Å². The highest BCUT2D eigenvalue weighted by Gasteiger charge is 2.35. The van der Waals surface area contributed by atoms with E-state index in [4.69, 9.17) is 0 Å². The lowest BCUT2D eigenvalue weighted by Crippen LogP contribution is -2.37. The summed E-state index contributed by atoms with van der Waals surface area (Å²) < 4.78 is 0. The zero-order chi connectivity index (χ0) is 13.0. The van der Waals surface area contributed by atoms with Crippen molar-refractivity contribution >= 4 is 17.7 Å². The third-order valence-corrected chi connectivity index (χ3v) is 3.55. The summed E-state index contributed by atoms with van der Waals surface area (Å²) in [4.78, 5) is 34.4. The van der Waals surface area contributed by atoms with E-state index in [1.165, 1.54) is 12.8 Å². The number of nitrogens with one attached hydrogen (secondary N) is 3. The number of hydrazine groups is 1. The smallest absolute Gasteiger partial charge is 0.251 e. The number of carbonyl (C=O) groups is 3. The van der Waals surface area contributed by atoms with Crippen LogP contribution < -0.4 is 16.2 Å². The summed E-state index contributed by atoms with van der Waals surface area (Å²) in [7, 11) is 0. The van der Waals surface area contributed by atoms with Crippen LogP contribution in [0.4, 0.5) is 0 Å². The van der Waals surface area contributed by atoms with Crippen molar-refractivity contribution in [2.24, 2.45) is 5.92 Å². The van der Waals surface area contributed by atoms with E-state index < -0.39 is 17.7 Å². The number of amides is 3. The molecule has 1 saturated carbocycles. The number of carbonyl (C=O) groups excluding carboxylic acids is 3. The summed E-state index contributed by atoms with van der Waals surface area (Å²) in [6.07, 6.45) is 6.64. The van der Waals surface area contributed by atoms with Gasteiger partial charge in [-0.2, -0.15) is 0 Å². The monoisotopic (exact) mass is 253 g/mol. The highest BCUT2D eigenvalue weighted by atomic mass is 16.2. The Bertz CT molecular complexity index is 332. The molecule has 0 unspecified atom stereocenters. The van der Waals surface area contributed by atoms with E-state index in [2.05, 4.69) is 16.2 Å². The Labute approximate surface area is 106 Å². The Hall–Kier alpha value is -1.59. The first-order valence-corrected chi connectivity index (χ1v) is 6.56. The van der Waals surface area contributed by atoms with Gasteiger partial charge in [-0.05, 0) is 12.8 Å². The van der Waals surface area contributed by atoms with E-state index in [1.54, 1.807) is 0 Å². The fourth-order valence-corrected chi connectivity index (χ4v) is 2.50. The zero-order valence-corrected chi connectivity index (χ0v) is 10.3. The van der Waals surface area contributed by atoms with Crippen LogP contribution in [0.3, 0.4) is 0 Å². The Morgan fingerprint density at radius 1 is 1.06 bits per heavy atom. The van der Waals surface area contributed by atoms with Crippen LogP contribution in [0, 0.1) is 5.92 Å². The molecule has 0 spiro atoms. The van der Waals surface area contributed by atoms with Crippen molar-refractivity contribution in [3.63, 3.8) is 0 Å². The number of hydrogen-bond acceptors (Lipinski definition) is 3. The molecule has 0 bridgehead atoms. The number of rotatable bonds is 3. The van der Waals surface area contributed by atoms with Crippen LogP contribution in [-0.4, -0.2) is 23.8 Å². The van der Waals surface area contributed by atoms with Crippen molar-refractivity contribution in [2.75, 3.05) is 0 Å². The quantitative estimate of drug-likeness (QED) is 0.488. The maximum Gasteiger partial charge on any atom is 0.251 e. The minimum Gasteiger partial charge on any atom is -0.353 e. The van der Waals surface area contributed by atoms with Gasteiger partial charge in [0.25, 0.3) is 11.8 Å².